The first kappa shape index (κ1) is 13.5. The summed E-state index contributed by atoms with van der Waals surface area (Å²) in [5.74, 6) is 0.160. The quantitative estimate of drug-likeness (QED) is 0.887. The van der Waals surface area contributed by atoms with Crippen molar-refractivity contribution in [3.8, 4) is 0 Å². The molecule has 18 heavy (non-hydrogen) atoms. The average molecular weight is 267 g/mol. The predicted octanol–water partition coefficient (Wildman–Crippen LogP) is 1.94. The van der Waals surface area contributed by atoms with E-state index in [-0.39, 0.29) is 5.91 Å². The Hall–Kier alpha value is -0.940. The van der Waals surface area contributed by atoms with Crippen LogP contribution in [0.4, 0.5) is 0 Å². The summed E-state index contributed by atoms with van der Waals surface area (Å²) in [7, 11) is 1.85. The van der Waals surface area contributed by atoms with Crippen LogP contribution >= 0.6 is 11.3 Å². The highest BCUT2D eigenvalue weighted by Crippen LogP contribution is 2.17. The van der Waals surface area contributed by atoms with Gasteiger partial charge in [0.25, 0.3) is 0 Å². The van der Waals surface area contributed by atoms with Crippen molar-refractivity contribution < 1.29 is 4.79 Å². The second-order valence-corrected chi connectivity index (χ2v) is 6.28. The minimum Gasteiger partial charge on any atom is -0.339 e. The largest absolute Gasteiger partial charge is 0.339 e. The number of hydrogen-bond acceptors (Lipinski definition) is 4. The van der Waals surface area contributed by atoms with E-state index in [0.717, 1.165) is 9.88 Å². The number of carbonyl (C=O) groups excluding carboxylic acids is 1. The number of nitrogens with zero attached hydrogens (tertiary/aromatic N) is 2. The lowest BCUT2D eigenvalue weighted by Crippen LogP contribution is -2.38. The molecule has 5 heteroatoms. The fraction of sp³-hybridized carbons (Fsp3) is 0.692. The highest BCUT2D eigenvalue weighted by molar-refractivity contribution is 7.11. The third-order valence-electron chi connectivity index (χ3n) is 3.39. The Kier molecular flexibility index (Phi) is 4.72. The van der Waals surface area contributed by atoms with Crippen molar-refractivity contribution in [3.05, 3.63) is 16.1 Å². The molecule has 1 aliphatic rings. The van der Waals surface area contributed by atoms with E-state index in [4.69, 9.17) is 0 Å². The van der Waals surface area contributed by atoms with Gasteiger partial charge in [0.05, 0.1) is 18.1 Å². The Morgan fingerprint density at radius 1 is 1.56 bits per heavy atom. The zero-order valence-electron chi connectivity index (χ0n) is 11.1. The molecule has 0 atom stereocenters. The highest BCUT2D eigenvalue weighted by atomic mass is 32.1. The molecule has 0 saturated heterocycles. The van der Waals surface area contributed by atoms with E-state index in [9.17, 15) is 4.79 Å². The minimum atomic E-state index is 0.160. The molecule has 2 rings (SSSR count). The van der Waals surface area contributed by atoms with Crippen LogP contribution < -0.4 is 5.32 Å². The normalized spacial score (nSPS) is 16.1. The molecular weight excluding hydrogens is 246 g/mol. The number of carbonyl (C=O) groups is 1. The molecule has 0 bridgehead atoms. The van der Waals surface area contributed by atoms with E-state index in [1.54, 1.807) is 16.2 Å². The van der Waals surface area contributed by atoms with Gasteiger partial charge in [-0.2, -0.15) is 0 Å². The molecule has 1 heterocycles. The summed E-state index contributed by atoms with van der Waals surface area (Å²) >= 11 is 1.65. The molecule has 4 nitrogen and oxygen atoms in total. The van der Waals surface area contributed by atoms with Gasteiger partial charge in [-0.25, -0.2) is 4.98 Å². The standard InChI is InChI=1S/C13H21N3OS/c1-10-14-7-12(18-10)9-16(2)13(17)8-15-11-5-3-4-6-11/h7,11,15H,3-6,8-9H2,1-2H3. The second kappa shape index (κ2) is 6.29. The van der Waals surface area contributed by atoms with Gasteiger partial charge in [-0.05, 0) is 19.8 Å². The highest BCUT2D eigenvalue weighted by Gasteiger charge is 2.17. The number of amides is 1. The summed E-state index contributed by atoms with van der Waals surface area (Å²) in [6.07, 6.45) is 6.87. The van der Waals surface area contributed by atoms with Crippen molar-refractivity contribution in [3.63, 3.8) is 0 Å². The summed E-state index contributed by atoms with van der Waals surface area (Å²) in [4.78, 5) is 19.1. The molecule has 0 spiro atoms. The molecule has 0 aromatic carbocycles. The Balaban J connectivity index is 1.74. The van der Waals surface area contributed by atoms with Crippen LogP contribution in [0.15, 0.2) is 6.20 Å². The van der Waals surface area contributed by atoms with Gasteiger partial charge in [0.1, 0.15) is 0 Å². The molecule has 0 radical (unpaired) electrons. The van der Waals surface area contributed by atoms with Crippen LogP contribution in [0.1, 0.15) is 35.6 Å². The fourth-order valence-corrected chi connectivity index (χ4v) is 3.15. The van der Waals surface area contributed by atoms with Gasteiger partial charge in [0, 0.05) is 24.2 Å². The number of rotatable bonds is 5. The lowest BCUT2D eigenvalue weighted by atomic mass is 10.2. The summed E-state index contributed by atoms with van der Waals surface area (Å²) in [5, 5.41) is 4.40. The molecule has 0 unspecified atom stereocenters. The van der Waals surface area contributed by atoms with E-state index in [0.29, 0.717) is 19.1 Å². The first-order chi connectivity index (χ1) is 8.65. The molecule has 0 aliphatic heterocycles. The van der Waals surface area contributed by atoms with E-state index >= 15 is 0 Å². The number of likely N-dealkylation sites (N-methyl/N-ethyl adjacent to an activating group) is 1. The van der Waals surface area contributed by atoms with E-state index in [1.165, 1.54) is 25.7 Å². The summed E-state index contributed by atoms with van der Waals surface area (Å²) < 4.78 is 0. The minimum absolute atomic E-state index is 0.160. The van der Waals surface area contributed by atoms with Crippen LogP contribution in [0.3, 0.4) is 0 Å². The SMILES string of the molecule is Cc1ncc(CN(C)C(=O)CNC2CCCC2)s1. The molecule has 1 aromatic heterocycles. The van der Waals surface area contributed by atoms with Crippen LogP contribution in [-0.4, -0.2) is 35.4 Å². The maximum atomic E-state index is 12.0. The van der Waals surface area contributed by atoms with Gasteiger partial charge in [0.2, 0.25) is 5.91 Å². The number of aromatic nitrogens is 1. The van der Waals surface area contributed by atoms with Gasteiger partial charge < -0.3 is 10.2 Å². The Labute approximate surface area is 112 Å². The molecule has 1 fully saturated rings. The molecule has 1 saturated carbocycles. The predicted molar refractivity (Wildman–Crippen MR) is 73.6 cm³/mol. The zero-order valence-corrected chi connectivity index (χ0v) is 11.9. The average Bonchev–Trinajstić information content (AvgIpc) is 2.97. The first-order valence-electron chi connectivity index (χ1n) is 6.54. The van der Waals surface area contributed by atoms with Crippen molar-refractivity contribution in [2.24, 2.45) is 0 Å². The fourth-order valence-electron chi connectivity index (χ4n) is 2.30. The topological polar surface area (TPSA) is 45.2 Å². The first-order valence-corrected chi connectivity index (χ1v) is 7.35. The summed E-state index contributed by atoms with van der Waals surface area (Å²) in [5.41, 5.74) is 0. The number of aryl methyl sites for hydroxylation is 1. The van der Waals surface area contributed by atoms with Crippen LogP contribution in [0, 0.1) is 6.92 Å². The number of thiazole rings is 1. The van der Waals surface area contributed by atoms with Crippen LogP contribution in [0.2, 0.25) is 0 Å². The third-order valence-corrected chi connectivity index (χ3v) is 4.28. The molecular formula is C13H21N3OS. The van der Waals surface area contributed by atoms with Crippen LogP contribution in [-0.2, 0) is 11.3 Å². The molecule has 1 aliphatic carbocycles. The summed E-state index contributed by atoms with van der Waals surface area (Å²) in [6, 6.07) is 0.549. The van der Waals surface area contributed by atoms with Crippen LogP contribution in [0.25, 0.3) is 0 Å². The third kappa shape index (κ3) is 3.78. The molecule has 100 valence electrons. The summed E-state index contributed by atoms with van der Waals surface area (Å²) in [6.45, 7) is 3.10. The van der Waals surface area contributed by atoms with Gasteiger partial charge in [-0.3, -0.25) is 4.79 Å². The Bertz CT molecular complexity index is 399. The van der Waals surface area contributed by atoms with Gasteiger partial charge >= 0.3 is 0 Å². The second-order valence-electron chi connectivity index (χ2n) is 4.96. The Morgan fingerprint density at radius 3 is 2.89 bits per heavy atom. The zero-order chi connectivity index (χ0) is 13.0. The van der Waals surface area contributed by atoms with Crippen molar-refractivity contribution >= 4 is 17.2 Å². The van der Waals surface area contributed by atoms with E-state index < -0.39 is 0 Å². The van der Waals surface area contributed by atoms with E-state index in [2.05, 4.69) is 10.3 Å². The Morgan fingerprint density at radius 2 is 2.28 bits per heavy atom. The maximum absolute atomic E-state index is 12.0. The smallest absolute Gasteiger partial charge is 0.236 e. The van der Waals surface area contributed by atoms with Crippen molar-refractivity contribution in [1.29, 1.82) is 0 Å². The van der Waals surface area contributed by atoms with Crippen molar-refractivity contribution in [1.82, 2.24) is 15.2 Å². The number of hydrogen-bond donors (Lipinski definition) is 1. The van der Waals surface area contributed by atoms with Gasteiger partial charge in [-0.1, -0.05) is 12.8 Å². The van der Waals surface area contributed by atoms with Crippen LogP contribution in [0.5, 0.6) is 0 Å². The van der Waals surface area contributed by atoms with Crippen molar-refractivity contribution in [2.75, 3.05) is 13.6 Å². The van der Waals surface area contributed by atoms with Crippen molar-refractivity contribution in [2.45, 2.75) is 45.2 Å². The molecule has 1 amide bonds. The molecule has 1 aromatic rings. The van der Waals surface area contributed by atoms with Gasteiger partial charge in [0.15, 0.2) is 0 Å². The number of nitrogens with one attached hydrogen (secondary N) is 1. The molecule has 1 N–H and O–H groups in total. The monoisotopic (exact) mass is 267 g/mol. The maximum Gasteiger partial charge on any atom is 0.236 e. The van der Waals surface area contributed by atoms with Gasteiger partial charge in [-0.15, -0.1) is 11.3 Å². The van der Waals surface area contributed by atoms with E-state index in [1.807, 2.05) is 20.2 Å². The lowest BCUT2D eigenvalue weighted by Gasteiger charge is -2.18. The lowest BCUT2D eigenvalue weighted by molar-refractivity contribution is -0.129.